The topological polar surface area (TPSA) is 105 Å². The van der Waals surface area contributed by atoms with Gasteiger partial charge in [-0.05, 0) is 35.7 Å². The molecule has 0 saturated carbocycles. The second kappa shape index (κ2) is 5.92. The molecule has 1 aliphatic heterocycles. The Morgan fingerprint density at radius 3 is 2.77 bits per heavy atom. The zero-order valence-corrected chi connectivity index (χ0v) is 13.4. The number of nitrogens with two attached hydrogens (primary N) is 1. The van der Waals surface area contributed by atoms with Crippen molar-refractivity contribution in [2.45, 2.75) is 18.9 Å². The van der Waals surface area contributed by atoms with E-state index in [2.05, 4.69) is 10.3 Å². The average Bonchev–Trinajstić information content (AvgIpc) is 2.95. The summed E-state index contributed by atoms with van der Waals surface area (Å²) < 4.78 is 24.6. The molecule has 0 unspecified atom stereocenters. The van der Waals surface area contributed by atoms with Crippen LogP contribution in [-0.4, -0.2) is 42.7 Å². The van der Waals surface area contributed by atoms with E-state index in [4.69, 9.17) is 5.14 Å². The van der Waals surface area contributed by atoms with E-state index in [1.54, 1.807) is 6.20 Å². The van der Waals surface area contributed by atoms with E-state index in [0.29, 0.717) is 31.6 Å². The first-order valence-corrected chi connectivity index (χ1v) is 9.24. The molecular formula is C13H16N4O3S2. The van der Waals surface area contributed by atoms with Crippen molar-refractivity contribution in [1.29, 1.82) is 0 Å². The normalized spacial score (nSPS) is 17.7. The minimum absolute atomic E-state index is 0.0671. The van der Waals surface area contributed by atoms with Gasteiger partial charge in [0.05, 0.1) is 4.70 Å². The van der Waals surface area contributed by atoms with Crippen molar-refractivity contribution in [3.8, 4) is 0 Å². The Morgan fingerprint density at radius 2 is 2.09 bits per heavy atom. The van der Waals surface area contributed by atoms with Crippen LogP contribution in [0.2, 0.25) is 0 Å². The van der Waals surface area contributed by atoms with Gasteiger partial charge in [0.15, 0.2) is 0 Å². The van der Waals surface area contributed by atoms with E-state index in [1.165, 1.54) is 15.6 Å². The largest absolute Gasteiger partial charge is 0.348 e. The smallest absolute Gasteiger partial charge is 0.276 e. The van der Waals surface area contributed by atoms with Crippen molar-refractivity contribution in [2.75, 3.05) is 13.1 Å². The quantitative estimate of drug-likeness (QED) is 0.857. The molecule has 0 aromatic carbocycles. The van der Waals surface area contributed by atoms with Crippen LogP contribution in [0.15, 0.2) is 23.7 Å². The predicted molar refractivity (Wildman–Crippen MR) is 84.8 cm³/mol. The van der Waals surface area contributed by atoms with E-state index >= 15 is 0 Å². The van der Waals surface area contributed by atoms with E-state index < -0.39 is 10.2 Å². The molecular weight excluding hydrogens is 324 g/mol. The monoisotopic (exact) mass is 340 g/mol. The molecule has 3 heterocycles. The molecule has 2 aromatic heterocycles. The molecule has 7 nitrogen and oxygen atoms in total. The molecule has 1 amide bonds. The molecule has 0 aliphatic carbocycles. The number of aromatic nitrogens is 1. The molecule has 3 rings (SSSR count). The number of nitrogens with zero attached hydrogens (tertiary/aromatic N) is 2. The van der Waals surface area contributed by atoms with Gasteiger partial charge in [-0.2, -0.15) is 12.7 Å². The molecule has 0 bridgehead atoms. The maximum atomic E-state index is 12.4. The molecule has 2 aromatic rings. The summed E-state index contributed by atoms with van der Waals surface area (Å²) in [6, 6.07) is 3.75. The fourth-order valence-corrected chi connectivity index (χ4v) is 4.16. The van der Waals surface area contributed by atoms with Crippen molar-refractivity contribution in [1.82, 2.24) is 14.6 Å². The van der Waals surface area contributed by atoms with Gasteiger partial charge in [0.2, 0.25) is 0 Å². The highest BCUT2D eigenvalue weighted by Crippen LogP contribution is 2.23. The summed E-state index contributed by atoms with van der Waals surface area (Å²) in [6.45, 7) is 0.640. The van der Waals surface area contributed by atoms with Gasteiger partial charge < -0.3 is 5.32 Å². The van der Waals surface area contributed by atoms with Crippen molar-refractivity contribution < 1.29 is 13.2 Å². The van der Waals surface area contributed by atoms with Crippen LogP contribution in [0.4, 0.5) is 0 Å². The number of nitrogens with one attached hydrogen (secondary N) is 1. The standard InChI is InChI=1S/C13H16N4O3S2/c14-22(19,20)17-6-2-10(3-7-17)16-13(18)11-12-9(1-5-15-11)4-8-21-12/h1,4-5,8,10H,2-3,6-7H2,(H,16,18)(H2,14,19,20). The Kier molecular flexibility index (Phi) is 4.13. The summed E-state index contributed by atoms with van der Waals surface area (Å²) in [7, 11) is -3.64. The number of rotatable bonds is 3. The number of pyridine rings is 1. The highest BCUT2D eigenvalue weighted by Gasteiger charge is 2.27. The van der Waals surface area contributed by atoms with Crippen LogP contribution in [0.3, 0.4) is 0 Å². The summed E-state index contributed by atoms with van der Waals surface area (Å²) in [4.78, 5) is 16.6. The number of hydrogen-bond donors (Lipinski definition) is 2. The fraction of sp³-hybridized carbons (Fsp3) is 0.385. The summed E-state index contributed by atoms with van der Waals surface area (Å²) in [5, 5.41) is 11.0. The second-order valence-electron chi connectivity index (χ2n) is 5.19. The van der Waals surface area contributed by atoms with Crippen LogP contribution >= 0.6 is 11.3 Å². The summed E-state index contributed by atoms with van der Waals surface area (Å²) >= 11 is 1.48. The third-order valence-corrected chi connectivity index (χ3v) is 5.75. The van der Waals surface area contributed by atoms with Gasteiger partial charge in [-0.25, -0.2) is 10.1 Å². The second-order valence-corrected chi connectivity index (χ2v) is 7.65. The van der Waals surface area contributed by atoms with Gasteiger partial charge in [0, 0.05) is 25.3 Å². The SMILES string of the molecule is NS(=O)(=O)N1CCC(NC(=O)c2nccc3ccsc23)CC1. The zero-order valence-electron chi connectivity index (χ0n) is 11.7. The minimum Gasteiger partial charge on any atom is -0.348 e. The van der Waals surface area contributed by atoms with Crippen molar-refractivity contribution >= 4 is 37.5 Å². The number of fused-ring (bicyclic) bond motifs is 1. The van der Waals surface area contributed by atoms with Crippen LogP contribution in [-0.2, 0) is 10.2 Å². The van der Waals surface area contributed by atoms with Crippen LogP contribution in [0, 0.1) is 0 Å². The van der Waals surface area contributed by atoms with E-state index in [-0.39, 0.29) is 11.9 Å². The van der Waals surface area contributed by atoms with Crippen molar-refractivity contribution in [3.05, 3.63) is 29.4 Å². The molecule has 118 valence electrons. The number of carbonyl (C=O) groups excluding carboxylic acids is 1. The summed E-state index contributed by atoms with van der Waals surface area (Å²) in [6.07, 6.45) is 2.71. The van der Waals surface area contributed by atoms with Gasteiger partial charge in [0.1, 0.15) is 5.69 Å². The molecule has 9 heteroatoms. The third kappa shape index (κ3) is 3.12. The predicted octanol–water partition coefficient (Wildman–Crippen LogP) is 0.694. The van der Waals surface area contributed by atoms with Crippen molar-refractivity contribution in [2.24, 2.45) is 5.14 Å². The van der Waals surface area contributed by atoms with Gasteiger partial charge >= 0.3 is 0 Å². The lowest BCUT2D eigenvalue weighted by Gasteiger charge is -2.30. The Labute approximate surface area is 132 Å². The van der Waals surface area contributed by atoms with Gasteiger partial charge in [-0.3, -0.25) is 4.79 Å². The summed E-state index contributed by atoms with van der Waals surface area (Å²) in [5.41, 5.74) is 0.418. The highest BCUT2D eigenvalue weighted by atomic mass is 32.2. The number of amides is 1. The minimum atomic E-state index is -3.64. The lowest BCUT2D eigenvalue weighted by atomic mass is 10.1. The van der Waals surface area contributed by atoms with Crippen LogP contribution < -0.4 is 10.5 Å². The Hall–Kier alpha value is -1.55. The number of piperidine rings is 1. The highest BCUT2D eigenvalue weighted by molar-refractivity contribution is 7.86. The molecule has 1 saturated heterocycles. The number of carbonyl (C=O) groups is 1. The molecule has 3 N–H and O–H groups in total. The Morgan fingerprint density at radius 1 is 1.36 bits per heavy atom. The summed E-state index contributed by atoms with van der Waals surface area (Å²) in [5.74, 6) is -0.220. The average molecular weight is 340 g/mol. The maximum absolute atomic E-state index is 12.4. The van der Waals surface area contributed by atoms with Crippen LogP contribution in [0.5, 0.6) is 0 Å². The van der Waals surface area contributed by atoms with Gasteiger partial charge in [-0.1, -0.05) is 0 Å². The van der Waals surface area contributed by atoms with E-state index in [1.807, 2.05) is 17.5 Å². The van der Waals surface area contributed by atoms with Crippen LogP contribution in [0.1, 0.15) is 23.3 Å². The van der Waals surface area contributed by atoms with E-state index in [0.717, 1.165) is 10.1 Å². The Bertz CT molecular complexity index is 794. The lowest BCUT2D eigenvalue weighted by Crippen LogP contribution is -2.48. The van der Waals surface area contributed by atoms with Gasteiger partial charge in [0.25, 0.3) is 16.1 Å². The first kappa shape index (κ1) is 15.3. The molecule has 22 heavy (non-hydrogen) atoms. The fourth-order valence-electron chi connectivity index (χ4n) is 2.56. The first-order chi connectivity index (χ1) is 10.4. The molecule has 1 fully saturated rings. The zero-order chi connectivity index (χ0) is 15.7. The molecule has 0 atom stereocenters. The molecule has 0 radical (unpaired) electrons. The molecule has 0 spiro atoms. The van der Waals surface area contributed by atoms with E-state index in [9.17, 15) is 13.2 Å². The first-order valence-electron chi connectivity index (χ1n) is 6.86. The van der Waals surface area contributed by atoms with Crippen LogP contribution in [0.25, 0.3) is 10.1 Å². The van der Waals surface area contributed by atoms with Gasteiger partial charge in [-0.15, -0.1) is 11.3 Å². The lowest BCUT2D eigenvalue weighted by molar-refractivity contribution is 0.0921. The third-order valence-electron chi connectivity index (χ3n) is 3.73. The molecule has 1 aliphatic rings. The Balaban J connectivity index is 1.67. The number of thiophene rings is 1. The van der Waals surface area contributed by atoms with Crippen molar-refractivity contribution in [3.63, 3.8) is 0 Å². The maximum Gasteiger partial charge on any atom is 0.276 e. The number of hydrogen-bond acceptors (Lipinski definition) is 5.